The first kappa shape index (κ1) is 14.3. The molecule has 6 heteroatoms. The van der Waals surface area contributed by atoms with Crippen molar-refractivity contribution in [2.24, 2.45) is 5.73 Å². The highest BCUT2D eigenvalue weighted by Gasteiger charge is 2.25. The molecule has 0 aromatic heterocycles. The van der Waals surface area contributed by atoms with E-state index in [1.165, 1.54) is 0 Å². The summed E-state index contributed by atoms with van der Waals surface area (Å²) in [6.07, 6.45) is -0.226. The van der Waals surface area contributed by atoms with Crippen LogP contribution in [-0.4, -0.2) is 66.1 Å². The van der Waals surface area contributed by atoms with Crippen LogP contribution in [0.1, 0.15) is 13.8 Å². The van der Waals surface area contributed by atoms with E-state index in [-0.39, 0.29) is 18.1 Å². The molecular formula is C11H21N3O2S. The molecule has 0 aromatic rings. The summed E-state index contributed by atoms with van der Waals surface area (Å²) in [5.74, 6) is 0.114. The largest absolute Gasteiger partial charge is 0.391 e. The molecule has 1 unspecified atom stereocenters. The fourth-order valence-corrected chi connectivity index (χ4v) is 1.75. The highest BCUT2D eigenvalue weighted by atomic mass is 32.1. The molecule has 1 rings (SSSR count). The van der Waals surface area contributed by atoms with Crippen LogP contribution in [0.3, 0.4) is 0 Å². The van der Waals surface area contributed by atoms with Crippen molar-refractivity contribution in [1.82, 2.24) is 9.80 Å². The quantitative estimate of drug-likeness (QED) is 0.711. The number of hydrogen-bond acceptors (Lipinski definition) is 4. The Balaban J connectivity index is 2.46. The Morgan fingerprint density at radius 1 is 1.65 bits per heavy atom. The number of likely N-dealkylation sites (N-methyl/N-ethyl adjacent to an activating group) is 1. The van der Waals surface area contributed by atoms with E-state index in [1.54, 1.807) is 4.90 Å². The third kappa shape index (κ3) is 4.22. The highest BCUT2D eigenvalue weighted by Crippen LogP contribution is 2.06. The van der Waals surface area contributed by atoms with Gasteiger partial charge in [-0.3, -0.25) is 9.69 Å². The van der Waals surface area contributed by atoms with Gasteiger partial charge in [0.05, 0.1) is 13.2 Å². The van der Waals surface area contributed by atoms with Crippen molar-refractivity contribution in [3.63, 3.8) is 0 Å². The molecule has 1 saturated heterocycles. The second kappa shape index (κ2) is 6.28. The lowest BCUT2D eigenvalue weighted by molar-refractivity contribution is -0.133. The number of morpholine rings is 1. The third-order valence-corrected chi connectivity index (χ3v) is 3.26. The van der Waals surface area contributed by atoms with Gasteiger partial charge in [0, 0.05) is 26.2 Å². The summed E-state index contributed by atoms with van der Waals surface area (Å²) in [4.78, 5) is 16.0. The normalized spacial score (nSPS) is 21.5. The van der Waals surface area contributed by atoms with E-state index in [0.29, 0.717) is 24.7 Å². The average molecular weight is 259 g/mol. The average Bonchev–Trinajstić information content (AvgIpc) is 2.28. The third-order valence-electron chi connectivity index (χ3n) is 2.99. The van der Waals surface area contributed by atoms with Gasteiger partial charge in [0.1, 0.15) is 11.1 Å². The summed E-state index contributed by atoms with van der Waals surface area (Å²) in [6, 6.07) is 0.218. The van der Waals surface area contributed by atoms with E-state index in [2.05, 4.69) is 0 Å². The maximum Gasteiger partial charge on any atom is 0.236 e. The van der Waals surface area contributed by atoms with Gasteiger partial charge in [-0.25, -0.2) is 0 Å². The number of amides is 1. The van der Waals surface area contributed by atoms with Crippen molar-refractivity contribution in [1.29, 1.82) is 0 Å². The van der Waals surface area contributed by atoms with Crippen LogP contribution in [0.5, 0.6) is 0 Å². The second-order valence-electron chi connectivity index (χ2n) is 4.60. The van der Waals surface area contributed by atoms with Crippen molar-refractivity contribution in [2.45, 2.75) is 26.0 Å². The molecule has 98 valence electrons. The van der Waals surface area contributed by atoms with Gasteiger partial charge >= 0.3 is 0 Å². The molecule has 5 nitrogen and oxygen atoms in total. The first-order chi connectivity index (χ1) is 7.91. The first-order valence-electron chi connectivity index (χ1n) is 5.80. The fourth-order valence-electron chi connectivity index (χ4n) is 1.61. The number of carbonyl (C=O) groups excluding carboxylic acids is 1. The van der Waals surface area contributed by atoms with Crippen LogP contribution >= 0.6 is 12.2 Å². The number of thiocarbonyl (C=S) groups is 1. The molecule has 0 bridgehead atoms. The lowest BCUT2D eigenvalue weighted by Crippen LogP contribution is -2.51. The highest BCUT2D eigenvalue weighted by molar-refractivity contribution is 7.80. The molecule has 1 heterocycles. The summed E-state index contributed by atoms with van der Waals surface area (Å²) in [5, 5.41) is 0. The molecule has 1 fully saturated rings. The number of rotatable bonds is 4. The van der Waals surface area contributed by atoms with E-state index in [4.69, 9.17) is 22.7 Å². The van der Waals surface area contributed by atoms with Crippen LogP contribution in [0.15, 0.2) is 0 Å². The van der Waals surface area contributed by atoms with Gasteiger partial charge < -0.3 is 15.4 Å². The minimum absolute atomic E-state index is 0.114. The summed E-state index contributed by atoms with van der Waals surface area (Å²) < 4.78 is 5.43. The van der Waals surface area contributed by atoms with E-state index < -0.39 is 0 Å². The molecule has 1 aliphatic heterocycles. The lowest BCUT2D eigenvalue weighted by atomic mass is 10.2. The van der Waals surface area contributed by atoms with Crippen molar-refractivity contribution in [2.75, 3.05) is 33.3 Å². The van der Waals surface area contributed by atoms with Gasteiger partial charge in [0.15, 0.2) is 0 Å². The molecule has 0 saturated carbocycles. The van der Waals surface area contributed by atoms with Crippen LogP contribution in [0, 0.1) is 0 Å². The van der Waals surface area contributed by atoms with E-state index in [1.807, 2.05) is 25.8 Å². The number of ether oxygens (including phenoxy) is 1. The van der Waals surface area contributed by atoms with E-state index in [9.17, 15) is 4.79 Å². The Labute approximate surface area is 108 Å². The maximum atomic E-state index is 11.9. The van der Waals surface area contributed by atoms with Crippen molar-refractivity contribution in [3.8, 4) is 0 Å². The number of carbonyl (C=O) groups is 1. The Bertz CT molecular complexity index is 296. The maximum absolute atomic E-state index is 11.9. The van der Waals surface area contributed by atoms with Gasteiger partial charge in [-0.1, -0.05) is 12.2 Å². The minimum atomic E-state index is -0.226. The summed E-state index contributed by atoms with van der Waals surface area (Å²) in [5.41, 5.74) is 5.55. The van der Waals surface area contributed by atoms with Gasteiger partial charge in [-0.15, -0.1) is 0 Å². The summed E-state index contributed by atoms with van der Waals surface area (Å²) in [6.45, 7) is 6.31. The zero-order valence-electron chi connectivity index (χ0n) is 10.7. The number of nitrogens with two attached hydrogens (primary N) is 1. The second-order valence-corrected chi connectivity index (χ2v) is 5.07. The van der Waals surface area contributed by atoms with Gasteiger partial charge in [-0.2, -0.15) is 0 Å². The van der Waals surface area contributed by atoms with Crippen LogP contribution in [0.4, 0.5) is 0 Å². The Kier molecular flexibility index (Phi) is 5.30. The molecular weight excluding hydrogens is 238 g/mol. The molecule has 0 spiro atoms. The van der Waals surface area contributed by atoms with Crippen molar-refractivity contribution >= 4 is 23.1 Å². The van der Waals surface area contributed by atoms with E-state index >= 15 is 0 Å². The van der Waals surface area contributed by atoms with E-state index in [0.717, 1.165) is 6.54 Å². The Hall–Kier alpha value is -0.720. The Morgan fingerprint density at radius 3 is 2.82 bits per heavy atom. The monoisotopic (exact) mass is 259 g/mol. The first-order valence-corrected chi connectivity index (χ1v) is 6.21. The smallest absolute Gasteiger partial charge is 0.236 e. The lowest BCUT2D eigenvalue weighted by Gasteiger charge is -2.33. The summed E-state index contributed by atoms with van der Waals surface area (Å²) >= 11 is 4.91. The zero-order chi connectivity index (χ0) is 13.0. The molecule has 0 radical (unpaired) electrons. The van der Waals surface area contributed by atoms with Gasteiger partial charge in [-0.05, 0) is 13.8 Å². The fraction of sp³-hybridized carbons (Fsp3) is 0.818. The predicted octanol–water partition coefficient (Wildman–Crippen LogP) is -0.160. The number of nitrogens with zero attached hydrogens (tertiary/aromatic N) is 2. The van der Waals surface area contributed by atoms with Crippen LogP contribution in [0.2, 0.25) is 0 Å². The molecule has 1 aliphatic rings. The Morgan fingerprint density at radius 2 is 2.29 bits per heavy atom. The zero-order valence-corrected chi connectivity index (χ0v) is 11.5. The molecule has 0 aromatic carbocycles. The molecule has 2 N–H and O–H groups in total. The van der Waals surface area contributed by atoms with Crippen molar-refractivity contribution in [3.05, 3.63) is 0 Å². The van der Waals surface area contributed by atoms with Gasteiger partial charge in [0.2, 0.25) is 5.91 Å². The molecule has 17 heavy (non-hydrogen) atoms. The van der Waals surface area contributed by atoms with Crippen LogP contribution in [0.25, 0.3) is 0 Å². The van der Waals surface area contributed by atoms with Gasteiger partial charge in [0.25, 0.3) is 0 Å². The standard InChI is InChI=1S/C11H21N3O2S/c1-8(2)13(3)10(15)7-14-4-5-16-9(6-14)11(12)17/h8-9H,4-7H2,1-3H3,(H2,12,17). The van der Waals surface area contributed by atoms with Crippen LogP contribution in [-0.2, 0) is 9.53 Å². The molecule has 1 amide bonds. The molecule has 1 atom stereocenters. The van der Waals surface area contributed by atoms with Crippen molar-refractivity contribution < 1.29 is 9.53 Å². The van der Waals surface area contributed by atoms with Crippen LogP contribution < -0.4 is 5.73 Å². The topological polar surface area (TPSA) is 58.8 Å². The number of hydrogen-bond donors (Lipinski definition) is 1. The SMILES string of the molecule is CC(C)N(C)C(=O)CN1CCOC(C(N)=S)C1. The molecule has 0 aliphatic carbocycles. The summed E-state index contributed by atoms with van der Waals surface area (Å²) in [7, 11) is 1.82. The minimum Gasteiger partial charge on any atom is -0.391 e. The predicted molar refractivity (Wildman–Crippen MR) is 70.9 cm³/mol.